The Morgan fingerprint density at radius 1 is 1.09 bits per heavy atom. The normalized spacial score (nSPS) is 15.3. The number of alkyl carbamates (subject to hydrolysis) is 1. The number of halogens is 1. The molecular formula is C27H25FN4O3. The molecule has 8 heteroatoms. The van der Waals surface area contributed by atoms with Crippen LogP contribution in [0.1, 0.15) is 12.0 Å². The molecule has 178 valence electrons. The van der Waals surface area contributed by atoms with Crippen LogP contribution in [-0.2, 0) is 11.3 Å². The molecule has 0 saturated carbocycles. The van der Waals surface area contributed by atoms with Crippen LogP contribution in [0.4, 0.5) is 15.0 Å². The fraction of sp³-hybridized carbons (Fsp3) is 0.222. The van der Waals surface area contributed by atoms with Gasteiger partial charge in [0.1, 0.15) is 24.0 Å². The number of phenols is 1. The molecule has 0 radical (unpaired) electrons. The molecule has 1 aliphatic rings. The van der Waals surface area contributed by atoms with Crippen LogP contribution in [-0.4, -0.2) is 40.8 Å². The molecule has 0 bridgehead atoms. The molecule has 3 aromatic carbocycles. The first-order valence-electron chi connectivity index (χ1n) is 11.5. The molecular weight excluding hydrogens is 447 g/mol. The molecule has 5 rings (SSSR count). The van der Waals surface area contributed by atoms with Crippen LogP contribution in [0.5, 0.6) is 5.75 Å². The van der Waals surface area contributed by atoms with Crippen LogP contribution >= 0.6 is 0 Å². The van der Waals surface area contributed by atoms with E-state index in [4.69, 9.17) is 9.72 Å². The fourth-order valence-electron chi connectivity index (χ4n) is 4.30. The molecule has 1 saturated heterocycles. The molecule has 1 atom stereocenters. The highest BCUT2D eigenvalue weighted by atomic mass is 19.1. The van der Waals surface area contributed by atoms with Gasteiger partial charge >= 0.3 is 6.09 Å². The lowest BCUT2D eigenvalue weighted by atomic mass is 10.1. The second-order valence-corrected chi connectivity index (χ2v) is 8.59. The number of nitrogens with one attached hydrogen (secondary N) is 1. The predicted octanol–water partition coefficient (Wildman–Crippen LogP) is 4.89. The van der Waals surface area contributed by atoms with E-state index in [0.29, 0.717) is 47.7 Å². The number of aromatic nitrogens is 2. The maximum Gasteiger partial charge on any atom is 0.407 e. The number of hydrogen-bond donors (Lipinski definition) is 2. The molecule has 2 N–H and O–H groups in total. The summed E-state index contributed by atoms with van der Waals surface area (Å²) in [4.78, 5) is 23.5. The zero-order chi connectivity index (χ0) is 24.2. The number of carbonyl (C=O) groups excluding carboxylic acids is 1. The molecule has 0 aliphatic carbocycles. The minimum atomic E-state index is -0.455. The Kier molecular flexibility index (Phi) is 6.43. The van der Waals surface area contributed by atoms with Crippen molar-refractivity contribution in [2.45, 2.75) is 13.0 Å². The van der Waals surface area contributed by atoms with Crippen LogP contribution < -0.4 is 10.2 Å². The van der Waals surface area contributed by atoms with E-state index in [2.05, 4.69) is 15.2 Å². The number of hydrogen-bond acceptors (Lipinski definition) is 6. The number of rotatable bonds is 6. The van der Waals surface area contributed by atoms with Gasteiger partial charge < -0.3 is 20.1 Å². The summed E-state index contributed by atoms with van der Waals surface area (Å²) in [6.45, 7) is 2.03. The Hall–Kier alpha value is -4.20. The molecule has 4 aromatic rings. The number of phenolic OH excluding ortho intramolecular Hbond substituents is 1. The maximum absolute atomic E-state index is 14.1. The number of benzene rings is 3. The molecule has 1 fully saturated rings. The summed E-state index contributed by atoms with van der Waals surface area (Å²) >= 11 is 0. The minimum Gasteiger partial charge on any atom is -0.507 e. The second kappa shape index (κ2) is 9.97. The first-order valence-corrected chi connectivity index (χ1v) is 11.5. The number of anilines is 1. The van der Waals surface area contributed by atoms with Crippen LogP contribution in [0.15, 0.2) is 72.8 Å². The van der Waals surface area contributed by atoms with Crippen molar-refractivity contribution < 1.29 is 19.0 Å². The minimum absolute atomic E-state index is 0.0809. The predicted molar refractivity (Wildman–Crippen MR) is 132 cm³/mol. The molecule has 0 spiro atoms. The summed E-state index contributed by atoms with van der Waals surface area (Å²) in [6, 6.07) is 20.8. The molecule has 7 nitrogen and oxygen atoms in total. The third-order valence-corrected chi connectivity index (χ3v) is 6.12. The quantitative estimate of drug-likeness (QED) is 0.415. The number of para-hydroxylation sites is 1. The van der Waals surface area contributed by atoms with Crippen molar-refractivity contribution in [3.05, 3.63) is 84.2 Å². The van der Waals surface area contributed by atoms with Gasteiger partial charge in [0.15, 0.2) is 5.82 Å². The van der Waals surface area contributed by atoms with Crippen LogP contribution in [0.25, 0.3) is 22.3 Å². The molecule has 2 heterocycles. The zero-order valence-corrected chi connectivity index (χ0v) is 19.0. The van der Waals surface area contributed by atoms with Crippen LogP contribution in [0.2, 0.25) is 0 Å². The molecule has 1 aliphatic heterocycles. The summed E-state index contributed by atoms with van der Waals surface area (Å²) in [7, 11) is 0. The first kappa shape index (κ1) is 22.6. The number of nitrogens with zero attached hydrogens (tertiary/aromatic N) is 3. The third-order valence-electron chi connectivity index (χ3n) is 6.12. The summed E-state index contributed by atoms with van der Waals surface area (Å²) in [5.41, 5.74) is 2.04. The number of amides is 1. The monoisotopic (exact) mass is 472 g/mol. The standard InChI is InChI=1S/C27H25FN4O3/c28-20-10-11-23-22(14-20)26(31-25(30-23)21-8-4-5-9-24(21)33)32-13-12-19(16-32)15-29-27(34)35-17-18-6-2-1-3-7-18/h1-11,14,19,33H,12-13,15-17H2,(H,29,34). The SMILES string of the molecule is O=C(NCC1CCN(c2nc(-c3ccccc3O)nc3ccc(F)cc23)C1)OCc1ccccc1. The van der Waals surface area contributed by atoms with Crippen LogP contribution in [0.3, 0.4) is 0 Å². The van der Waals surface area contributed by atoms with E-state index in [1.54, 1.807) is 30.3 Å². The Morgan fingerprint density at radius 2 is 1.89 bits per heavy atom. The summed E-state index contributed by atoms with van der Waals surface area (Å²) in [5, 5.41) is 13.8. The largest absolute Gasteiger partial charge is 0.507 e. The van der Waals surface area contributed by atoms with E-state index in [1.807, 2.05) is 30.3 Å². The number of aromatic hydroxyl groups is 1. The third kappa shape index (κ3) is 5.16. The lowest BCUT2D eigenvalue weighted by molar-refractivity contribution is 0.138. The maximum atomic E-state index is 14.1. The van der Waals surface area contributed by atoms with Crippen molar-refractivity contribution >= 4 is 22.8 Å². The molecule has 1 aromatic heterocycles. The van der Waals surface area contributed by atoms with Crippen molar-refractivity contribution in [3.63, 3.8) is 0 Å². The van der Waals surface area contributed by atoms with Crippen molar-refractivity contribution in [2.24, 2.45) is 5.92 Å². The van der Waals surface area contributed by atoms with Crippen molar-refractivity contribution in [2.75, 3.05) is 24.5 Å². The van der Waals surface area contributed by atoms with E-state index < -0.39 is 6.09 Å². The van der Waals surface area contributed by atoms with Gasteiger partial charge in [-0.05, 0) is 48.2 Å². The topological polar surface area (TPSA) is 87.6 Å². The van der Waals surface area contributed by atoms with Gasteiger partial charge in [-0.25, -0.2) is 19.2 Å². The van der Waals surface area contributed by atoms with Crippen molar-refractivity contribution in [1.82, 2.24) is 15.3 Å². The van der Waals surface area contributed by atoms with Gasteiger partial charge in [0.2, 0.25) is 0 Å². The highest BCUT2D eigenvalue weighted by Gasteiger charge is 2.26. The van der Waals surface area contributed by atoms with Gasteiger partial charge in [0.05, 0.1) is 11.1 Å². The van der Waals surface area contributed by atoms with Crippen molar-refractivity contribution in [3.8, 4) is 17.1 Å². The van der Waals surface area contributed by atoms with Gasteiger partial charge in [-0.2, -0.15) is 0 Å². The molecule has 1 unspecified atom stereocenters. The molecule has 35 heavy (non-hydrogen) atoms. The Bertz CT molecular complexity index is 1350. The fourth-order valence-corrected chi connectivity index (χ4v) is 4.30. The average Bonchev–Trinajstić information content (AvgIpc) is 3.35. The first-order chi connectivity index (χ1) is 17.1. The van der Waals surface area contributed by atoms with Gasteiger partial charge in [-0.1, -0.05) is 42.5 Å². The summed E-state index contributed by atoms with van der Waals surface area (Å²) in [6.07, 6.45) is 0.384. The van der Waals surface area contributed by atoms with E-state index >= 15 is 0 Å². The zero-order valence-electron chi connectivity index (χ0n) is 19.0. The lowest BCUT2D eigenvalue weighted by Gasteiger charge is -2.20. The Balaban J connectivity index is 1.30. The Morgan fingerprint density at radius 3 is 2.71 bits per heavy atom. The van der Waals surface area contributed by atoms with E-state index in [1.165, 1.54) is 12.1 Å². The van der Waals surface area contributed by atoms with Gasteiger partial charge in [0.25, 0.3) is 0 Å². The highest BCUT2D eigenvalue weighted by molar-refractivity contribution is 5.91. The molecule has 1 amide bonds. The van der Waals surface area contributed by atoms with Gasteiger partial charge in [0, 0.05) is 25.0 Å². The highest BCUT2D eigenvalue weighted by Crippen LogP contribution is 2.33. The van der Waals surface area contributed by atoms with E-state index in [0.717, 1.165) is 12.0 Å². The summed E-state index contributed by atoms with van der Waals surface area (Å²) in [5.74, 6) is 0.894. The lowest BCUT2D eigenvalue weighted by Crippen LogP contribution is -2.31. The van der Waals surface area contributed by atoms with E-state index in [-0.39, 0.29) is 24.1 Å². The van der Waals surface area contributed by atoms with E-state index in [9.17, 15) is 14.3 Å². The number of carbonyl (C=O) groups is 1. The van der Waals surface area contributed by atoms with Crippen LogP contribution in [0, 0.1) is 11.7 Å². The van der Waals surface area contributed by atoms with Gasteiger partial charge in [-0.3, -0.25) is 0 Å². The summed E-state index contributed by atoms with van der Waals surface area (Å²) < 4.78 is 19.4. The Labute approximate surface area is 202 Å². The second-order valence-electron chi connectivity index (χ2n) is 8.59. The smallest absolute Gasteiger partial charge is 0.407 e. The number of fused-ring (bicyclic) bond motifs is 1. The van der Waals surface area contributed by atoms with Gasteiger partial charge in [-0.15, -0.1) is 0 Å². The average molecular weight is 473 g/mol. The number of ether oxygens (including phenoxy) is 1. The van der Waals surface area contributed by atoms with Crippen molar-refractivity contribution in [1.29, 1.82) is 0 Å².